The number of amides is 1. The van der Waals surface area contributed by atoms with Crippen molar-refractivity contribution in [2.24, 2.45) is 0 Å². The van der Waals surface area contributed by atoms with Crippen molar-refractivity contribution in [1.29, 1.82) is 0 Å². The van der Waals surface area contributed by atoms with Crippen LogP contribution in [0.4, 0.5) is 11.4 Å². The second-order valence-electron chi connectivity index (χ2n) is 5.88. The fourth-order valence-corrected chi connectivity index (χ4v) is 3.26. The lowest BCUT2D eigenvalue weighted by molar-refractivity contribution is -0.114. The lowest BCUT2D eigenvalue weighted by Crippen LogP contribution is -2.37. The lowest BCUT2D eigenvalue weighted by Gasteiger charge is -2.22. The number of ether oxygens (including phenoxy) is 1. The molecule has 0 heterocycles. The molecule has 144 valence electrons. The number of rotatable bonds is 8. The summed E-state index contributed by atoms with van der Waals surface area (Å²) in [7, 11) is -3.72. The maximum absolute atomic E-state index is 12.4. The molecule has 0 spiro atoms. The third-order valence-corrected chi connectivity index (χ3v) is 4.82. The summed E-state index contributed by atoms with van der Waals surface area (Å²) in [6, 6.07) is 12.9. The van der Waals surface area contributed by atoms with Crippen molar-refractivity contribution in [3.8, 4) is 5.75 Å². The summed E-state index contributed by atoms with van der Waals surface area (Å²) in [6.07, 6.45) is 1.01. The summed E-state index contributed by atoms with van der Waals surface area (Å²) in [5.74, 6) is -0.0173. The van der Waals surface area contributed by atoms with Crippen molar-refractivity contribution in [2.45, 2.75) is 13.8 Å². The quantitative estimate of drug-likeness (QED) is 0.700. The zero-order valence-corrected chi connectivity index (χ0v) is 16.2. The van der Waals surface area contributed by atoms with Gasteiger partial charge in [0.2, 0.25) is 15.9 Å². The Morgan fingerprint density at radius 3 is 2.33 bits per heavy atom. The molecule has 0 bridgehead atoms. The molecule has 0 unspecified atom stereocenters. The lowest BCUT2D eigenvalue weighted by atomic mass is 10.1. The molecule has 2 aromatic rings. The van der Waals surface area contributed by atoms with Gasteiger partial charge in [-0.2, -0.15) is 0 Å². The third kappa shape index (κ3) is 5.82. The molecule has 0 saturated heterocycles. The number of hydrogen-bond donors (Lipinski definition) is 1. The molecule has 0 saturated carbocycles. The summed E-state index contributed by atoms with van der Waals surface area (Å²) < 4.78 is 30.6. The summed E-state index contributed by atoms with van der Waals surface area (Å²) >= 11 is 0. The number of nitrogens with zero attached hydrogens (tertiary/aromatic N) is 1. The molecule has 0 aliphatic carbocycles. The molecule has 1 amide bonds. The van der Waals surface area contributed by atoms with Gasteiger partial charge in [-0.1, -0.05) is 12.1 Å². The standard InChI is InChI=1S/C19H22N2O5S/c1-4-26-18-10-8-16(9-11-18)20-19(23)13-21(27(3,24)25)17-7-5-6-15(12-17)14(2)22/h5-12H,4,13H2,1-3H3,(H,20,23). The van der Waals surface area contributed by atoms with Gasteiger partial charge in [0.15, 0.2) is 5.78 Å². The number of carbonyl (C=O) groups is 2. The molecular weight excluding hydrogens is 368 g/mol. The Morgan fingerprint density at radius 2 is 1.78 bits per heavy atom. The van der Waals surface area contributed by atoms with Crippen LogP contribution in [-0.2, 0) is 14.8 Å². The second-order valence-corrected chi connectivity index (χ2v) is 7.79. The summed E-state index contributed by atoms with van der Waals surface area (Å²) in [4.78, 5) is 23.9. The molecule has 0 radical (unpaired) electrons. The molecular formula is C19H22N2O5S. The van der Waals surface area contributed by atoms with E-state index in [1.54, 1.807) is 36.4 Å². The fourth-order valence-electron chi connectivity index (χ4n) is 2.41. The van der Waals surface area contributed by atoms with Gasteiger partial charge in [-0.05, 0) is 50.2 Å². The van der Waals surface area contributed by atoms with Crippen LogP contribution in [0.2, 0.25) is 0 Å². The zero-order valence-electron chi connectivity index (χ0n) is 15.4. The van der Waals surface area contributed by atoms with Crippen LogP contribution in [0.25, 0.3) is 0 Å². The van der Waals surface area contributed by atoms with Gasteiger partial charge in [-0.3, -0.25) is 13.9 Å². The topological polar surface area (TPSA) is 92.8 Å². The van der Waals surface area contributed by atoms with Crippen LogP contribution in [0.3, 0.4) is 0 Å². The van der Waals surface area contributed by atoms with Crippen molar-refractivity contribution in [3.05, 3.63) is 54.1 Å². The number of carbonyl (C=O) groups excluding carboxylic acids is 2. The normalized spacial score (nSPS) is 10.9. The number of sulfonamides is 1. The molecule has 1 N–H and O–H groups in total. The van der Waals surface area contributed by atoms with Gasteiger partial charge in [0.1, 0.15) is 12.3 Å². The predicted octanol–water partition coefficient (Wildman–Crippen LogP) is 2.69. The number of anilines is 2. The maximum atomic E-state index is 12.4. The first kappa shape index (κ1) is 20.4. The predicted molar refractivity (Wildman–Crippen MR) is 105 cm³/mol. The van der Waals surface area contributed by atoms with Gasteiger partial charge in [0.05, 0.1) is 18.6 Å². The first-order chi connectivity index (χ1) is 12.7. The first-order valence-electron chi connectivity index (χ1n) is 8.32. The van der Waals surface area contributed by atoms with Crippen molar-refractivity contribution in [1.82, 2.24) is 0 Å². The SMILES string of the molecule is CCOc1ccc(NC(=O)CN(c2cccc(C(C)=O)c2)S(C)(=O)=O)cc1. The zero-order chi connectivity index (χ0) is 20.0. The average Bonchev–Trinajstić information content (AvgIpc) is 2.61. The van der Waals surface area contributed by atoms with Crippen LogP contribution in [0.1, 0.15) is 24.2 Å². The van der Waals surface area contributed by atoms with Gasteiger partial charge >= 0.3 is 0 Å². The molecule has 0 aliphatic heterocycles. The van der Waals surface area contributed by atoms with Crippen LogP contribution in [0.15, 0.2) is 48.5 Å². The Hall–Kier alpha value is -2.87. The molecule has 0 aromatic heterocycles. The monoisotopic (exact) mass is 390 g/mol. The minimum Gasteiger partial charge on any atom is -0.494 e. The number of ketones is 1. The van der Waals surface area contributed by atoms with Crippen molar-refractivity contribution < 1.29 is 22.7 Å². The largest absolute Gasteiger partial charge is 0.494 e. The second kappa shape index (κ2) is 8.68. The molecule has 8 heteroatoms. The minimum absolute atomic E-state index is 0.191. The van der Waals surface area contributed by atoms with E-state index in [1.165, 1.54) is 19.1 Å². The summed E-state index contributed by atoms with van der Waals surface area (Å²) in [6.45, 7) is 3.39. The van der Waals surface area contributed by atoms with Gasteiger partial charge in [0, 0.05) is 11.3 Å². The van der Waals surface area contributed by atoms with Gasteiger partial charge in [-0.25, -0.2) is 8.42 Å². The molecule has 0 fully saturated rings. The number of benzene rings is 2. The van der Waals surface area contributed by atoms with E-state index in [4.69, 9.17) is 4.74 Å². The maximum Gasteiger partial charge on any atom is 0.245 e. The smallest absolute Gasteiger partial charge is 0.245 e. The van der Waals surface area contributed by atoms with E-state index in [0.29, 0.717) is 23.6 Å². The van der Waals surface area contributed by atoms with E-state index in [0.717, 1.165) is 10.6 Å². The van der Waals surface area contributed by atoms with Crippen LogP contribution in [0.5, 0.6) is 5.75 Å². The van der Waals surface area contributed by atoms with Crippen LogP contribution >= 0.6 is 0 Å². The number of hydrogen-bond acceptors (Lipinski definition) is 5. The Kier molecular flexibility index (Phi) is 6.57. The molecule has 0 aliphatic rings. The minimum atomic E-state index is -3.72. The van der Waals surface area contributed by atoms with Crippen LogP contribution < -0.4 is 14.4 Å². The highest BCUT2D eigenvalue weighted by Gasteiger charge is 2.21. The van der Waals surface area contributed by atoms with E-state index in [2.05, 4.69) is 5.32 Å². The highest BCUT2D eigenvalue weighted by atomic mass is 32.2. The fraction of sp³-hybridized carbons (Fsp3) is 0.263. The van der Waals surface area contributed by atoms with Gasteiger partial charge in [0.25, 0.3) is 0 Å². The van der Waals surface area contributed by atoms with Crippen molar-refractivity contribution in [2.75, 3.05) is 29.0 Å². The Morgan fingerprint density at radius 1 is 1.11 bits per heavy atom. The van der Waals surface area contributed by atoms with Gasteiger partial charge in [-0.15, -0.1) is 0 Å². The summed E-state index contributed by atoms with van der Waals surface area (Å²) in [5, 5.41) is 2.65. The van der Waals surface area contributed by atoms with Crippen LogP contribution in [0, 0.1) is 0 Å². The first-order valence-corrected chi connectivity index (χ1v) is 10.2. The summed E-state index contributed by atoms with van der Waals surface area (Å²) in [5.41, 5.74) is 1.15. The molecule has 2 rings (SSSR count). The Labute approximate surface area is 159 Å². The molecule has 2 aromatic carbocycles. The third-order valence-electron chi connectivity index (χ3n) is 3.68. The van der Waals surface area contributed by atoms with E-state index in [9.17, 15) is 18.0 Å². The van der Waals surface area contributed by atoms with Crippen LogP contribution in [-0.4, -0.2) is 39.5 Å². The van der Waals surface area contributed by atoms with E-state index in [1.807, 2.05) is 6.92 Å². The Bertz CT molecular complexity index is 923. The average molecular weight is 390 g/mol. The Balaban J connectivity index is 2.17. The highest BCUT2D eigenvalue weighted by molar-refractivity contribution is 7.92. The molecule has 0 atom stereocenters. The van der Waals surface area contributed by atoms with E-state index < -0.39 is 22.5 Å². The van der Waals surface area contributed by atoms with E-state index in [-0.39, 0.29) is 11.5 Å². The van der Waals surface area contributed by atoms with Crippen molar-refractivity contribution >= 4 is 33.1 Å². The van der Waals surface area contributed by atoms with E-state index >= 15 is 0 Å². The number of nitrogens with one attached hydrogen (secondary N) is 1. The molecule has 7 nitrogen and oxygen atoms in total. The highest BCUT2D eigenvalue weighted by Crippen LogP contribution is 2.20. The van der Waals surface area contributed by atoms with Crippen molar-refractivity contribution in [3.63, 3.8) is 0 Å². The molecule has 27 heavy (non-hydrogen) atoms. The van der Waals surface area contributed by atoms with Gasteiger partial charge < -0.3 is 10.1 Å². The number of Topliss-reactive ketones (excluding diaryl/α,β-unsaturated/α-hetero) is 1.